The molecule has 1 N–H and O–H groups in total. The lowest BCUT2D eigenvalue weighted by Crippen LogP contribution is -2.55. The molecule has 0 aliphatic carbocycles. The first-order valence-electron chi connectivity index (χ1n) is 24.4. The number of hydrogen-bond acceptors (Lipinski definition) is 11. The van der Waals surface area contributed by atoms with Gasteiger partial charge in [-0.05, 0) is 149 Å². The smallest absolute Gasteiger partial charge is 0.262 e. The number of anilines is 2. The Labute approximate surface area is 403 Å². The third-order valence-electron chi connectivity index (χ3n) is 16.0. The fourth-order valence-electron chi connectivity index (χ4n) is 11.8. The summed E-state index contributed by atoms with van der Waals surface area (Å²) in [5.74, 6) is -0.350. The molecule has 4 amide bonds. The van der Waals surface area contributed by atoms with Crippen LogP contribution in [0.2, 0.25) is 5.02 Å². The van der Waals surface area contributed by atoms with E-state index in [0.29, 0.717) is 40.5 Å². The molecule has 0 bridgehead atoms. The zero-order valence-electron chi connectivity index (χ0n) is 39.1. The van der Waals surface area contributed by atoms with E-state index < -0.39 is 23.8 Å². The molecule has 5 fully saturated rings. The number of ether oxygens (including phenoxy) is 1. The maximum atomic E-state index is 13.6. The number of fused-ring (bicyclic) bond motifs is 1. The first-order chi connectivity index (χ1) is 32.9. The van der Waals surface area contributed by atoms with Gasteiger partial charge >= 0.3 is 0 Å². The van der Waals surface area contributed by atoms with Gasteiger partial charge in [-0.3, -0.25) is 29.4 Å². The van der Waals surface area contributed by atoms with E-state index in [4.69, 9.17) is 27.9 Å². The number of likely N-dealkylation sites (tertiary alicyclic amines) is 2. The largest absolute Gasteiger partial charge is 0.487 e. The molecule has 354 valence electrons. The average Bonchev–Trinajstić information content (AvgIpc) is 3.61. The second-order valence-corrected chi connectivity index (χ2v) is 20.8. The predicted molar refractivity (Wildman–Crippen MR) is 260 cm³/mol. The highest BCUT2D eigenvalue weighted by Crippen LogP contribution is 2.43. The number of piperidine rings is 5. The van der Waals surface area contributed by atoms with Crippen molar-refractivity contribution >= 4 is 52.6 Å². The topological polar surface area (TPSA) is 136 Å². The number of aromatic nitrogens is 2. The molecule has 1 aromatic heterocycles. The molecule has 0 radical (unpaired) electrons. The molecule has 10 rings (SSSR count). The molecule has 7 heterocycles. The number of nitrogens with one attached hydrogen (secondary N) is 1. The molecule has 15 heteroatoms. The number of nitrogens with zero attached hydrogens (tertiary/aromatic N) is 8. The molecule has 0 saturated carbocycles. The molecule has 1 atom stereocenters. The summed E-state index contributed by atoms with van der Waals surface area (Å²) in [6.07, 6.45) is 11.3. The summed E-state index contributed by atoms with van der Waals surface area (Å²) < 4.78 is 6.19. The van der Waals surface area contributed by atoms with Gasteiger partial charge in [0.15, 0.2) is 5.69 Å². The minimum absolute atomic E-state index is 0.105. The maximum absolute atomic E-state index is 13.6. The lowest BCUT2D eigenvalue weighted by Gasteiger charge is -2.51. The van der Waals surface area contributed by atoms with Crippen LogP contribution in [-0.4, -0.2) is 119 Å². The number of carbonyl (C=O) groups is 4. The average molecular weight is 939 g/mol. The number of halogens is 1. The third kappa shape index (κ3) is 9.20. The molecule has 1 unspecified atom stereocenters. The predicted octanol–water partition coefficient (Wildman–Crippen LogP) is 7.80. The Morgan fingerprint density at radius 2 is 1.49 bits per heavy atom. The Bertz CT molecular complexity index is 2630. The molecular weight excluding hydrogens is 878 g/mol. The van der Waals surface area contributed by atoms with Crippen LogP contribution in [-0.2, 0) is 21.6 Å². The summed E-state index contributed by atoms with van der Waals surface area (Å²) in [4.78, 5) is 75.6. The Kier molecular flexibility index (Phi) is 12.8. The lowest BCUT2D eigenvalue weighted by atomic mass is 9.72. The lowest BCUT2D eigenvalue weighted by molar-refractivity contribution is -0.136. The quantitative estimate of drug-likeness (QED) is 0.123. The van der Waals surface area contributed by atoms with Gasteiger partial charge in [-0.15, -0.1) is 0 Å². The van der Waals surface area contributed by atoms with Crippen molar-refractivity contribution in [1.82, 2.24) is 30.0 Å². The van der Waals surface area contributed by atoms with Crippen molar-refractivity contribution in [2.24, 2.45) is 5.41 Å². The van der Waals surface area contributed by atoms with Crippen molar-refractivity contribution in [3.8, 4) is 5.75 Å². The normalized spacial score (nSPS) is 22.1. The van der Waals surface area contributed by atoms with Crippen molar-refractivity contribution in [3.63, 3.8) is 0 Å². The van der Waals surface area contributed by atoms with E-state index in [-0.39, 0.29) is 29.6 Å². The number of carbonyl (C=O) groups excluding carboxylic acids is 4. The van der Waals surface area contributed by atoms with Gasteiger partial charge in [0, 0.05) is 67.0 Å². The number of imide groups is 2. The molecule has 6 aliphatic heterocycles. The first kappa shape index (κ1) is 45.9. The molecule has 68 heavy (non-hydrogen) atoms. The van der Waals surface area contributed by atoms with Crippen LogP contribution in [0.25, 0.3) is 4.85 Å². The van der Waals surface area contributed by atoms with Gasteiger partial charge in [0.05, 0.1) is 23.4 Å². The second-order valence-electron chi connectivity index (χ2n) is 20.3. The van der Waals surface area contributed by atoms with E-state index in [0.717, 1.165) is 124 Å². The van der Waals surface area contributed by atoms with Gasteiger partial charge in [-0.1, -0.05) is 43.6 Å². The van der Waals surface area contributed by atoms with Gasteiger partial charge < -0.3 is 24.3 Å². The fraction of sp³-hybridized carbons (Fsp3) is 0.491. The minimum Gasteiger partial charge on any atom is -0.487 e. The van der Waals surface area contributed by atoms with Gasteiger partial charge in [0.1, 0.15) is 18.4 Å². The summed E-state index contributed by atoms with van der Waals surface area (Å²) >= 11 is 6.33. The standard InChI is InChI=1S/C53H60ClN9O5/c1-52(2,36-29-37(54)31-39(30-36)55-3)35-5-8-43(9-6-35)68-33-38-13-21-56-51(57-38)61-25-16-40(17-26-61)59-23-14-41(15-24-59)60-27-19-53(20-28-60)18-4-22-62(34-53)42-7-10-44-45(32-42)50(67)63(49(44)66)46-11-12-47(64)58-48(46)65/h5-10,13,21,29-32,40-41,46H,4,11-12,14-20,22-28,33-34H2,1-2H3,(H,58,64,65). The summed E-state index contributed by atoms with van der Waals surface area (Å²) in [6, 6.07) is 21.3. The first-order valence-corrected chi connectivity index (χ1v) is 24.8. The van der Waals surface area contributed by atoms with Crippen LogP contribution in [0.3, 0.4) is 0 Å². The van der Waals surface area contributed by atoms with E-state index in [1.165, 1.54) is 19.3 Å². The minimum atomic E-state index is -0.960. The highest BCUT2D eigenvalue weighted by atomic mass is 35.5. The van der Waals surface area contributed by atoms with Crippen molar-refractivity contribution in [2.75, 3.05) is 62.2 Å². The van der Waals surface area contributed by atoms with Crippen LogP contribution in [0.5, 0.6) is 5.75 Å². The molecular formula is C53H60ClN9O5. The third-order valence-corrected chi connectivity index (χ3v) is 16.2. The monoisotopic (exact) mass is 937 g/mol. The maximum Gasteiger partial charge on any atom is 0.262 e. The molecule has 5 saturated heterocycles. The highest BCUT2D eigenvalue weighted by Gasteiger charge is 2.46. The van der Waals surface area contributed by atoms with Crippen LogP contribution in [0.1, 0.15) is 116 Å². The van der Waals surface area contributed by atoms with Crippen molar-refractivity contribution < 1.29 is 23.9 Å². The zero-order chi connectivity index (χ0) is 47.2. The Morgan fingerprint density at radius 3 is 2.21 bits per heavy atom. The Balaban J connectivity index is 0.667. The summed E-state index contributed by atoms with van der Waals surface area (Å²) in [5.41, 5.74) is 4.99. The molecule has 14 nitrogen and oxygen atoms in total. The highest BCUT2D eigenvalue weighted by molar-refractivity contribution is 6.31. The second kappa shape index (κ2) is 18.9. The van der Waals surface area contributed by atoms with E-state index in [1.807, 2.05) is 48.7 Å². The summed E-state index contributed by atoms with van der Waals surface area (Å²) in [6.45, 7) is 20.3. The zero-order valence-corrected chi connectivity index (χ0v) is 39.8. The van der Waals surface area contributed by atoms with Gasteiger partial charge in [-0.2, -0.15) is 0 Å². The molecule has 4 aromatic rings. The van der Waals surface area contributed by atoms with Crippen molar-refractivity contribution in [1.29, 1.82) is 0 Å². The fourth-order valence-corrected chi connectivity index (χ4v) is 12.0. The van der Waals surface area contributed by atoms with Crippen LogP contribution in [0, 0.1) is 12.0 Å². The van der Waals surface area contributed by atoms with Crippen LogP contribution in [0.15, 0.2) is 72.9 Å². The van der Waals surface area contributed by atoms with Crippen LogP contribution >= 0.6 is 11.6 Å². The van der Waals surface area contributed by atoms with Gasteiger partial charge in [-0.25, -0.2) is 14.8 Å². The van der Waals surface area contributed by atoms with Crippen molar-refractivity contribution in [2.45, 2.75) is 108 Å². The number of benzene rings is 3. The number of rotatable bonds is 10. The Morgan fingerprint density at radius 1 is 0.779 bits per heavy atom. The summed E-state index contributed by atoms with van der Waals surface area (Å²) in [7, 11) is 0. The molecule has 6 aliphatic rings. The Hall–Kier alpha value is -5.88. The van der Waals surface area contributed by atoms with Crippen LogP contribution in [0.4, 0.5) is 17.3 Å². The van der Waals surface area contributed by atoms with Crippen molar-refractivity contribution in [3.05, 3.63) is 117 Å². The van der Waals surface area contributed by atoms with E-state index in [1.54, 1.807) is 12.1 Å². The van der Waals surface area contributed by atoms with Gasteiger partial charge in [0.2, 0.25) is 17.8 Å². The van der Waals surface area contributed by atoms with E-state index in [9.17, 15) is 19.2 Å². The SMILES string of the molecule is [C-]#[N+]c1cc(Cl)cc(C(C)(C)c2ccc(OCc3ccnc(N4CCC(N5CCC(N6CCC7(CCCN(c8ccc9c(c8)C(=O)N(C8CCC(=O)NC8=O)C9=O)C7)CC6)CC5)CC4)n3)cc2)c1. The van der Waals surface area contributed by atoms with E-state index in [2.05, 4.69) is 60.7 Å². The number of hydrogen-bond donors (Lipinski definition) is 1. The van der Waals surface area contributed by atoms with Crippen LogP contribution < -0.4 is 19.9 Å². The molecule has 1 spiro atoms. The van der Waals surface area contributed by atoms with Gasteiger partial charge in [0.25, 0.3) is 11.8 Å². The molecule has 3 aromatic carbocycles. The van der Waals surface area contributed by atoms with E-state index >= 15 is 0 Å². The summed E-state index contributed by atoms with van der Waals surface area (Å²) in [5, 5.41) is 2.84. The number of amides is 4.